The number of amides is 2. The third kappa shape index (κ3) is 5.29. The predicted octanol–water partition coefficient (Wildman–Crippen LogP) is 4.07. The molecule has 0 fully saturated rings. The van der Waals surface area contributed by atoms with Crippen molar-refractivity contribution in [2.45, 2.75) is 40.3 Å². The first-order valence-corrected chi connectivity index (χ1v) is 9.04. The van der Waals surface area contributed by atoms with Crippen molar-refractivity contribution in [3.63, 3.8) is 0 Å². The molecule has 1 heterocycles. The number of nitrogens with zero attached hydrogens (tertiary/aromatic N) is 2. The molecule has 7 heteroatoms. The molecule has 0 unspecified atom stereocenters. The minimum atomic E-state index is -0.440. The number of urea groups is 1. The molecule has 0 atom stereocenters. The number of hydrogen-bond acceptors (Lipinski definition) is 5. The molecule has 0 saturated carbocycles. The number of ether oxygens (including phenoxy) is 1. The Morgan fingerprint density at radius 1 is 1.28 bits per heavy atom. The van der Waals surface area contributed by atoms with Crippen molar-refractivity contribution in [3.8, 4) is 0 Å². The number of esters is 1. The maximum absolute atomic E-state index is 12.6. The summed E-state index contributed by atoms with van der Waals surface area (Å²) in [6.45, 7) is 8.27. The smallest absolute Gasteiger partial charge is 0.357 e. The number of aromatic nitrogens is 1. The highest BCUT2D eigenvalue weighted by atomic mass is 32.1. The average molecular weight is 361 g/mol. The number of benzene rings is 1. The van der Waals surface area contributed by atoms with Gasteiger partial charge in [-0.2, -0.15) is 0 Å². The summed E-state index contributed by atoms with van der Waals surface area (Å²) in [5, 5.41) is 5.24. The Morgan fingerprint density at radius 2 is 1.96 bits per heavy atom. The SMILES string of the molecule is CCOC(=O)c1csc(CN(C(=O)Nc2ccc(C)cc2)C(C)C)n1. The number of nitrogens with one attached hydrogen (secondary N) is 1. The van der Waals surface area contributed by atoms with Crippen LogP contribution in [0.1, 0.15) is 41.8 Å². The van der Waals surface area contributed by atoms with E-state index in [1.807, 2.05) is 45.0 Å². The lowest BCUT2D eigenvalue weighted by atomic mass is 10.2. The zero-order valence-electron chi connectivity index (χ0n) is 14.9. The highest BCUT2D eigenvalue weighted by Crippen LogP contribution is 2.17. The van der Waals surface area contributed by atoms with E-state index in [9.17, 15) is 9.59 Å². The third-order valence-electron chi connectivity index (χ3n) is 3.53. The molecular formula is C18H23N3O3S. The van der Waals surface area contributed by atoms with Crippen LogP contribution in [0.3, 0.4) is 0 Å². The lowest BCUT2D eigenvalue weighted by Crippen LogP contribution is -2.39. The molecule has 0 aliphatic heterocycles. The van der Waals surface area contributed by atoms with Gasteiger partial charge in [0.15, 0.2) is 5.69 Å². The standard InChI is InChI=1S/C18H23N3O3S/c1-5-24-17(22)15-11-25-16(20-15)10-21(12(2)3)18(23)19-14-8-6-13(4)7-9-14/h6-9,11-12H,5,10H2,1-4H3,(H,19,23). The maximum Gasteiger partial charge on any atom is 0.357 e. The second-order valence-corrected chi connectivity index (χ2v) is 6.81. The largest absolute Gasteiger partial charge is 0.461 e. The molecule has 0 radical (unpaired) electrons. The van der Waals surface area contributed by atoms with Gasteiger partial charge in [-0.05, 0) is 39.8 Å². The second kappa shape index (κ2) is 8.62. The number of thiazole rings is 1. The molecule has 0 bridgehead atoms. The summed E-state index contributed by atoms with van der Waals surface area (Å²) in [5.74, 6) is -0.440. The number of anilines is 1. The van der Waals surface area contributed by atoms with Crippen molar-refractivity contribution in [1.82, 2.24) is 9.88 Å². The summed E-state index contributed by atoms with van der Waals surface area (Å²) < 4.78 is 4.94. The van der Waals surface area contributed by atoms with Crippen LogP contribution in [0.4, 0.5) is 10.5 Å². The summed E-state index contributed by atoms with van der Waals surface area (Å²) in [6.07, 6.45) is 0. The fourth-order valence-electron chi connectivity index (χ4n) is 2.15. The number of aryl methyl sites for hydroxylation is 1. The number of hydrogen-bond donors (Lipinski definition) is 1. The van der Waals surface area contributed by atoms with Gasteiger partial charge in [0.1, 0.15) is 5.01 Å². The van der Waals surface area contributed by atoms with Gasteiger partial charge in [-0.3, -0.25) is 0 Å². The minimum absolute atomic E-state index is 0.0135. The van der Waals surface area contributed by atoms with Crippen LogP contribution < -0.4 is 5.32 Å². The Bertz CT molecular complexity index is 725. The van der Waals surface area contributed by atoms with E-state index in [1.165, 1.54) is 11.3 Å². The molecule has 1 aromatic heterocycles. The Morgan fingerprint density at radius 3 is 2.56 bits per heavy atom. The molecule has 6 nitrogen and oxygen atoms in total. The van der Waals surface area contributed by atoms with E-state index in [1.54, 1.807) is 17.2 Å². The number of rotatable bonds is 6. The van der Waals surface area contributed by atoms with Crippen LogP contribution in [0.2, 0.25) is 0 Å². The molecule has 134 valence electrons. The first kappa shape index (κ1) is 18.9. The molecule has 1 aromatic carbocycles. The van der Waals surface area contributed by atoms with E-state index < -0.39 is 5.97 Å². The van der Waals surface area contributed by atoms with Crippen LogP contribution >= 0.6 is 11.3 Å². The number of carbonyl (C=O) groups excluding carboxylic acids is 2. The van der Waals surface area contributed by atoms with Gasteiger partial charge in [-0.25, -0.2) is 14.6 Å². The Kier molecular flexibility index (Phi) is 6.52. The summed E-state index contributed by atoms with van der Waals surface area (Å²) >= 11 is 1.34. The van der Waals surface area contributed by atoms with Gasteiger partial charge in [0.25, 0.3) is 0 Å². The maximum atomic E-state index is 12.6. The molecule has 25 heavy (non-hydrogen) atoms. The average Bonchev–Trinajstić information content (AvgIpc) is 3.03. The van der Waals surface area contributed by atoms with Crippen LogP contribution in [0, 0.1) is 6.92 Å². The van der Waals surface area contributed by atoms with Crippen LogP contribution in [0.25, 0.3) is 0 Å². The van der Waals surface area contributed by atoms with Gasteiger partial charge in [0.05, 0.1) is 13.2 Å². The van der Waals surface area contributed by atoms with Crippen molar-refractivity contribution in [2.75, 3.05) is 11.9 Å². The molecule has 2 rings (SSSR count). The van der Waals surface area contributed by atoms with E-state index in [2.05, 4.69) is 10.3 Å². The normalized spacial score (nSPS) is 10.6. The topological polar surface area (TPSA) is 71.5 Å². The van der Waals surface area contributed by atoms with Gasteiger partial charge in [0.2, 0.25) is 0 Å². The molecule has 0 spiro atoms. The van der Waals surface area contributed by atoms with Gasteiger partial charge < -0.3 is 15.0 Å². The highest BCUT2D eigenvalue weighted by molar-refractivity contribution is 7.09. The first-order chi connectivity index (χ1) is 11.9. The summed E-state index contributed by atoms with van der Waals surface area (Å²) in [5.41, 5.74) is 2.16. The first-order valence-electron chi connectivity index (χ1n) is 8.16. The Labute approximate surface area is 151 Å². The molecule has 1 N–H and O–H groups in total. The number of carbonyl (C=O) groups is 2. The lowest BCUT2D eigenvalue weighted by molar-refractivity contribution is 0.0520. The van der Waals surface area contributed by atoms with Crippen molar-refractivity contribution < 1.29 is 14.3 Å². The van der Waals surface area contributed by atoms with E-state index >= 15 is 0 Å². The molecule has 0 aliphatic rings. The highest BCUT2D eigenvalue weighted by Gasteiger charge is 2.20. The van der Waals surface area contributed by atoms with E-state index in [0.717, 1.165) is 11.3 Å². The van der Waals surface area contributed by atoms with Crippen LogP contribution in [0.5, 0.6) is 0 Å². The summed E-state index contributed by atoms with van der Waals surface area (Å²) in [7, 11) is 0. The van der Waals surface area contributed by atoms with Gasteiger partial charge in [-0.15, -0.1) is 11.3 Å². The molecule has 2 amide bonds. The van der Waals surface area contributed by atoms with Gasteiger partial charge >= 0.3 is 12.0 Å². The Balaban J connectivity index is 2.06. The molecular weight excluding hydrogens is 338 g/mol. The predicted molar refractivity (Wildman–Crippen MR) is 98.9 cm³/mol. The summed E-state index contributed by atoms with van der Waals surface area (Å²) in [4.78, 5) is 30.2. The molecule has 0 aliphatic carbocycles. The quantitative estimate of drug-likeness (QED) is 0.787. The molecule has 2 aromatic rings. The van der Waals surface area contributed by atoms with Crippen molar-refractivity contribution in [2.24, 2.45) is 0 Å². The monoisotopic (exact) mass is 361 g/mol. The van der Waals surface area contributed by atoms with Crippen molar-refractivity contribution in [3.05, 3.63) is 45.9 Å². The van der Waals surface area contributed by atoms with Crippen LogP contribution in [0.15, 0.2) is 29.6 Å². The van der Waals surface area contributed by atoms with E-state index in [4.69, 9.17) is 4.74 Å². The van der Waals surface area contributed by atoms with Crippen molar-refractivity contribution in [1.29, 1.82) is 0 Å². The van der Waals surface area contributed by atoms with E-state index in [-0.39, 0.29) is 17.8 Å². The van der Waals surface area contributed by atoms with Crippen LogP contribution in [-0.4, -0.2) is 34.5 Å². The van der Waals surface area contributed by atoms with Crippen LogP contribution in [-0.2, 0) is 11.3 Å². The Hall–Kier alpha value is -2.41. The zero-order chi connectivity index (χ0) is 18.4. The van der Waals surface area contributed by atoms with E-state index in [0.29, 0.717) is 18.2 Å². The molecule has 0 saturated heterocycles. The second-order valence-electron chi connectivity index (χ2n) is 5.86. The fraction of sp³-hybridized carbons (Fsp3) is 0.389. The van der Waals surface area contributed by atoms with Gasteiger partial charge in [0, 0.05) is 17.1 Å². The van der Waals surface area contributed by atoms with Crippen molar-refractivity contribution >= 4 is 29.0 Å². The zero-order valence-corrected chi connectivity index (χ0v) is 15.7. The lowest BCUT2D eigenvalue weighted by Gasteiger charge is -2.26. The fourth-order valence-corrected chi connectivity index (χ4v) is 2.91. The van der Waals surface area contributed by atoms with Gasteiger partial charge in [-0.1, -0.05) is 17.7 Å². The summed E-state index contributed by atoms with van der Waals surface area (Å²) in [6, 6.07) is 7.41. The minimum Gasteiger partial charge on any atom is -0.461 e. The third-order valence-corrected chi connectivity index (χ3v) is 4.36.